The van der Waals surface area contributed by atoms with Crippen molar-refractivity contribution in [2.45, 2.75) is 19.9 Å². The van der Waals surface area contributed by atoms with Crippen LogP contribution < -0.4 is 5.32 Å². The van der Waals surface area contributed by atoms with Gasteiger partial charge in [-0.1, -0.05) is 13.8 Å². The van der Waals surface area contributed by atoms with E-state index in [1.807, 2.05) is 0 Å². The first-order valence-electron chi connectivity index (χ1n) is 5.55. The van der Waals surface area contributed by atoms with Gasteiger partial charge in [-0.25, -0.2) is 9.59 Å². The van der Waals surface area contributed by atoms with Gasteiger partial charge in [0.15, 0.2) is 0 Å². The Balaban J connectivity index is 2.53. The standard InChI is InChI=1S/C10H18N2O4S/c1-7(2)8(9(13)14)11-10(15)12-3-5-17(16)6-4-12/h7-8H,3-6H2,1-2H3,(H,11,15)(H,13,14)/t8-/m0/s1. The minimum Gasteiger partial charge on any atom is -0.480 e. The molecule has 0 radical (unpaired) electrons. The molecule has 0 unspecified atom stereocenters. The molecule has 2 amide bonds. The van der Waals surface area contributed by atoms with Crippen molar-refractivity contribution in [2.75, 3.05) is 24.6 Å². The Labute approximate surface area is 103 Å². The van der Waals surface area contributed by atoms with Crippen LogP contribution in [0, 0.1) is 5.92 Å². The van der Waals surface area contributed by atoms with Gasteiger partial charge >= 0.3 is 12.0 Å². The second kappa shape index (κ2) is 6.00. The summed E-state index contributed by atoms with van der Waals surface area (Å²) >= 11 is 0. The zero-order chi connectivity index (χ0) is 13.0. The number of carboxylic acids is 1. The average molecular weight is 262 g/mol. The summed E-state index contributed by atoms with van der Waals surface area (Å²) in [4.78, 5) is 24.2. The highest BCUT2D eigenvalue weighted by molar-refractivity contribution is 7.85. The van der Waals surface area contributed by atoms with E-state index in [0.29, 0.717) is 24.6 Å². The highest BCUT2D eigenvalue weighted by Crippen LogP contribution is 2.05. The maximum Gasteiger partial charge on any atom is 0.326 e. The Hall–Kier alpha value is -1.11. The molecule has 1 aliphatic rings. The average Bonchev–Trinajstić information content (AvgIpc) is 2.25. The molecule has 1 aliphatic heterocycles. The molecule has 0 aromatic heterocycles. The Kier molecular flexibility index (Phi) is 4.92. The number of carbonyl (C=O) groups is 2. The molecule has 1 fully saturated rings. The SMILES string of the molecule is CC(C)[C@H](NC(=O)N1CCS(=O)CC1)C(=O)O. The third kappa shape index (κ3) is 3.99. The van der Waals surface area contributed by atoms with Crippen LogP contribution >= 0.6 is 0 Å². The predicted octanol–water partition coefficient (Wildman–Crippen LogP) is -0.130. The van der Waals surface area contributed by atoms with Crippen LogP contribution in [0.4, 0.5) is 4.79 Å². The van der Waals surface area contributed by atoms with Gasteiger partial charge in [-0.15, -0.1) is 0 Å². The van der Waals surface area contributed by atoms with Gasteiger partial charge in [0.2, 0.25) is 0 Å². The Morgan fingerprint density at radius 1 is 1.29 bits per heavy atom. The van der Waals surface area contributed by atoms with Crippen LogP contribution in [0.3, 0.4) is 0 Å². The van der Waals surface area contributed by atoms with Gasteiger partial charge in [0, 0.05) is 35.4 Å². The summed E-state index contributed by atoms with van der Waals surface area (Å²) in [5.41, 5.74) is 0. The van der Waals surface area contributed by atoms with E-state index in [4.69, 9.17) is 5.11 Å². The van der Waals surface area contributed by atoms with E-state index >= 15 is 0 Å². The zero-order valence-electron chi connectivity index (χ0n) is 10.0. The van der Waals surface area contributed by atoms with Crippen molar-refractivity contribution in [1.29, 1.82) is 0 Å². The highest BCUT2D eigenvalue weighted by atomic mass is 32.2. The van der Waals surface area contributed by atoms with Gasteiger partial charge < -0.3 is 15.3 Å². The number of hydrogen-bond donors (Lipinski definition) is 2. The fraction of sp³-hybridized carbons (Fsp3) is 0.800. The Morgan fingerprint density at radius 2 is 1.82 bits per heavy atom. The number of nitrogens with zero attached hydrogens (tertiary/aromatic N) is 1. The summed E-state index contributed by atoms with van der Waals surface area (Å²) in [6, 6.07) is -1.27. The van der Waals surface area contributed by atoms with Crippen LogP contribution in [0.25, 0.3) is 0 Å². The van der Waals surface area contributed by atoms with Gasteiger partial charge in [0.25, 0.3) is 0 Å². The molecule has 98 valence electrons. The topological polar surface area (TPSA) is 86.7 Å². The molecule has 6 nitrogen and oxygen atoms in total. The molecule has 7 heteroatoms. The second-order valence-electron chi connectivity index (χ2n) is 4.34. The van der Waals surface area contributed by atoms with Crippen LogP contribution in [0.2, 0.25) is 0 Å². The van der Waals surface area contributed by atoms with Crippen LogP contribution in [-0.2, 0) is 15.6 Å². The van der Waals surface area contributed by atoms with Gasteiger partial charge in [-0.05, 0) is 5.92 Å². The number of hydrogen-bond acceptors (Lipinski definition) is 3. The fourth-order valence-electron chi connectivity index (χ4n) is 1.58. The minimum absolute atomic E-state index is 0.171. The molecule has 2 N–H and O–H groups in total. The molecule has 0 aromatic carbocycles. The molecule has 0 aliphatic carbocycles. The summed E-state index contributed by atoms with van der Waals surface area (Å²) < 4.78 is 11.1. The predicted molar refractivity (Wildman–Crippen MR) is 64.2 cm³/mol. The maximum absolute atomic E-state index is 11.8. The molecule has 1 heterocycles. The van der Waals surface area contributed by atoms with E-state index in [9.17, 15) is 13.8 Å². The minimum atomic E-state index is -1.03. The summed E-state index contributed by atoms with van der Waals surface area (Å²) in [6.07, 6.45) is 0. The van der Waals surface area contributed by atoms with E-state index in [1.165, 1.54) is 4.90 Å². The van der Waals surface area contributed by atoms with Gasteiger partial charge in [0.05, 0.1) is 0 Å². The number of aliphatic carboxylic acids is 1. The number of amides is 2. The molecule has 0 spiro atoms. The van der Waals surface area contributed by atoms with Crippen molar-refractivity contribution in [3.05, 3.63) is 0 Å². The third-order valence-corrected chi connectivity index (χ3v) is 3.95. The third-order valence-electron chi connectivity index (χ3n) is 2.68. The lowest BCUT2D eigenvalue weighted by Gasteiger charge is -2.28. The monoisotopic (exact) mass is 262 g/mol. The smallest absolute Gasteiger partial charge is 0.326 e. The van der Waals surface area contributed by atoms with E-state index in [0.717, 1.165) is 0 Å². The normalized spacial score (nSPS) is 19.1. The van der Waals surface area contributed by atoms with E-state index in [-0.39, 0.29) is 11.9 Å². The largest absolute Gasteiger partial charge is 0.480 e. The zero-order valence-corrected chi connectivity index (χ0v) is 10.8. The van der Waals surface area contributed by atoms with E-state index in [2.05, 4.69) is 5.32 Å². The highest BCUT2D eigenvalue weighted by Gasteiger charge is 2.27. The lowest BCUT2D eigenvalue weighted by molar-refractivity contribution is -0.140. The van der Waals surface area contributed by atoms with Gasteiger partial charge in [-0.3, -0.25) is 4.21 Å². The molecule has 1 saturated heterocycles. The number of carboxylic acid groups (broad SMARTS) is 1. The summed E-state index contributed by atoms with van der Waals surface area (Å²) in [7, 11) is -0.846. The van der Waals surface area contributed by atoms with Crippen molar-refractivity contribution < 1.29 is 18.9 Å². The van der Waals surface area contributed by atoms with Crippen LogP contribution in [0.1, 0.15) is 13.8 Å². The van der Waals surface area contributed by atoms with Gasteiger partial charge in [0.1, 0.15) is 6.04 Å². The number of carbonyl (C=O) groups excluding carboxylic acids is 1. The first kappa shape index (κ1) is 14.0. The molecule has 1 rings (SSSR count). The van der Waals surface area contributed by atoms with Crippen LogP contribution in [0.15, 0.2) is 0 Å². The van der Waals surface area contributed by atoms with Crippen molar-refractivity contribution >= 4 is 22.8 Å². The fourth-order valence-corrected chi connectivity index (χ4v) is 2.63. The Bertz CT molecular complexity index is 322. The first-order valence-corrected chi connectivity index (χ1v) is 7.04. The van der Waals surface area contributed by atoms with E-state index < -0.39 is 22.8 Å². The van der Waals surface area contributed by atoms with Crippen molar-refractivity contribution in [2.24, 2.45) is 5.92 Å². The molecular formula is C10H18N2O4S. The van der Waals surface area contributed by atoms with Gasteiger partial charge in [-0.2, -0.15) is 0 Å². The van der Waals surface area contributed by atoms with Crippen molar-refractivity contribution in [1.82, 2.24) is 10.2 Å². The summed E-state index contributed by atoms with van der Waals surface area (Å²) in [5, 5.41) is 11.4. The number of rotatable bonds is 3. The lowest BCUT2D eigenvalue weighted by Crippen LogP contribution is -2.53. The van der Waals surface area contributed by atoms with Crippen LogP contribution in [-0.4, -0.2) is 56.9 Å². The molecule has 0 saturated carbocycles. The molecule has 0 bridgehead atoms. The van der Waals surface area contributed by atoms with Crippen molar-refractivity contribution in [3.63, 3.8) is 0 Å². The van der Waals surface area contributed by atoms with Crippen molar-refractivity contribution in [3.8, 4) is 0 Å². The maximum atomic E-state index is 11.8. The summed E-state index contributed by atoms with van der Waals surface area (Å²) in [5.74, 6) is -0.274. The molecular weight excluding hydrogens is 244 g/mol. The number of nitrogens with one attached hydrogen (secondary N) is 1. The lowest BCUT2D eigenvalue weighted by atomic mass is 10.1. The van der Waals surface area contributed by atoms with Crippen LogP contribution in [0.5, 0.6) is 0 Å². The van der Waals surface area contributed by atoms with E-state index in [1.54, 1.807) is 13.8 Å². The summed E-state index contributed by atoms with van der Waals surface area (Å²) in [6.45, 7) is 4.32. The quantitative estimate of drug-likeness (QED) is 0.741. The molecule has 17 heavy (non-hydrogen) atoms. The molecule has 1 atom stereocenters. The number of urea groups is 1. The first-order chi connectivity index (χ1) is 7.91. The molecule has 0 aromatic rings. The second-order valence-corrected chi connectivity index (χ2v) is 6.04. The Morgan fingerprint density at radius 3 is 2.24 bits per heavy atom.